The van der Waals surface area contributed by atoms with Crippen molar-refractivity contribution in [3.05, 3.63) is 166 Å². The third-order valence-electron chi connectivity index (χ3n) is 7.07. The van der Waals surface area contributed by atoms with Gasteiger partial charge >= 0.3 is 0 Å². The molecular formula is C33H25BrFN3. The first-order valence-electron chi connectivity index (χ1n) is 12.5. The van der Waals surface area contributed by atoms with Crippen LogP contribution in [0.1, 0.15) is 27.8 Å². The maximum absolute atomic E-state index is 14.0. The Hall–Kier alpha value is -4.22. The smallest absolute Gasteiger partial charge is 0.153 e. The largest absolute Gasteiger partial charge is 0.382 e. The molecule has 0 saturated heterocycles. The Morgan fingerprint density at radius 3 is 2.05 bits per heavy atom. The Labute approximate surface area is 229 Å². The van der Waals surface area contributed by atoms with Gasteiger partial charge in [0.1, 0.15) is 11.4 Å². The third-order valence-corrected chi connectivity index (χ3v) is 8.01. The summed E-state index contributed by atoms with van der Waals surface area (Å²) >= 11 is 3.99. The standard InChI is InChI=1S/C33H25BrFN3/c34-31-24(21-23-11-9-17-27(35)22-23)12-10-19-29(31)33(25-13-3-1-4-14-25,26-15-5-2-6-16-26)38-30-20-8-7-18-28(30)32(36)37-38/h1-20,22H,21H2,(H2,36,37). The predicted molar refractivity (Wildman–Crippen MR) is 156 cm³/mol. The van der Waals surface area contributed by atoms with Gasteiger partial charge in [-0.15, -0.1) is 0 Å². The maximum Gasteiger partial charge on any atom is 0.153 e. The van der Waals surface area contributed by atoms with Crippen LogP contribution in [0.4, 0.5) is 10.2 Å². The SMILES string of the molecule is Nc1nn(C(c2ccccc2)(c2ccccc2)c2cccc(Cc3cccc(F)c3)c2Br)c2ccccc12. The van der Waals surface area contributed by atoms with Crippen LogP contribution in [-0.4, -0.2) is 9.78 Å². The average Bonchev–Trinajstić information content (AvgIpc) is 3.29. The summed E-state index contributed by atoms with van der Waals surface area (Å²) in [4.78, 5) is 0. The summed E-state index contributed by atoms with van der Waals surface area (Å²) < 4.78 is 17.0. The molecule has 6 aromatic rings. The number of hydrogen-bond donors (Lipinski definition) is 1. The van der Waals surface area contributed by atoms with Crippen molar-refractivity contribution in [3.63, 3.8) is 0 Å². The molecule has 0 saturated carbocycles. The van der Waals surface area contributed by atoms with Crippen LogP contribution in [0.25, 0.3) is 10.9 Å². The van der Waals surface area contributed by atoms with Crippen LogP contribution in [0.3, 0.4) is 0 Å². The minimum Gasteiger partial charge on any atom is -0.382 e. The van der Waals surface area contributed by atoms with E-state index in [0.29, 0.717) is 12.2 Å². The van der Waals surface area contributed by atoms with Gasteiger partial charge in [-0.05, 0) is 52.9 Å². The highest BCUT2D eigenvalue weighted by Gasteiger charge is 2.42. The fourth-order valence-corrected chi connectivity index (χ4v) is 6.10. The Balaban J connectivity index is 1.71. The van der Waals surface area contributed by atoms with Gasteiger partial charge in [0.15, 0.2) is 5.82 Å². The minimum atomic E-state index is -0.851. The second-order valence-electron chi connectivity index (χ2n) is 9.34. The van der Waals surface area contributed by atoms with E-state index in [1.54, 1.807) is 12.1 Å². The molecule has 5 heteroatoms. The lowest BCUT2D eigenvalue weighted by atomic mass is 9.76. The molecule has 5 aromatic carbocycles. The molecule has 0 aliphatic heterocycles. The number of aromatic nitrogens is 2. The van der Waals surface area contributed by atoms with Crippen molar-refractivity contribution in [2.75, 3.05) is 5.73 Å². The van der Waals surface area contributed by atoms with Crippen molar-refractivity contribution in [1.82, 2.24) is 9.78 Å². The molecule has 1 heterocycles. The second-order valence-corrected chi connectivity index (χ2v) is 10.1. The Kier molecular flexibility index (Phi) is 6.30. The minimum absolute atomic E-state index is 0.240. The van der Waals surface area contributed by atoms with Crippen LogP contribution in [-0.2, 0) is 12.0 Å². The topological polar surface area (TPSA) is 43.8 Å². The summed E-state index contributed by atoms with van der Waals surface area (Å²) in [5.74, 6) is 0.236. The number of hydrogen-bond acceptors (Lipinski definition) is 2. The number of para-hydroxylation sites is 1. The number of fused-ring (bicyclic) bond motifs is 1. The Morgan fingerprint density at radius 1 is 0.737 bits per heavy atom. The van der Waals surface area contributed by atoms with E-state index in [0.717, 1.165) is 43.2 Å². The molecule has 6 rings (SSSR count). The van der Waals surface area contributed by atoms with E-state index in [1.165, 1.54) is 6.07 Å². The molecule has 0 amide bonds. The zero-order chi connectivity index (χ0) is 26.1. The van der Waals surface area contributed by atoms with Gasteiger partial charge in [0.05, 0.1) is 5.52 Å². The fraction of sp³-hybridized carbons (Fsp3) is 0.0606. The number of nitrogens with two attached hydrogens (primary N) is 1. The highest BCUT2D eigenvalue weighted by molar-refractivity contribution is 9.10. The van der Waals surface area contributed by atoms with Crippen molar-refractivity contribution in [1.29, 1.82) is 0 Å². The molecule has 0 bridgehead atoms. The maximum atomic E-state index is 14.0. The second kappa shape index (κ2) is 9.92. The summed E-state index contributed by atoms with van der Waals surface area (Å²) in [5, 5.41) is 5.88. The summed E-state index contributed by atoms with van der Waals surface area (Å²) in [5.41, 5.74) is 11.6. The first-order chi connectivity index (χ1) is 18.6. The third kappa shape index (κ3) is 4.00. The van der Waals surface area contributed by atoms with Crippen molar-refractivity contribution in [3.8, 4) is 0 Å². The number of rotatable bonds is 6. The zero-order valence-electron chi connectivity index (χ0n) is 20.6. The Bertz CT molecular complexity index is 1690. The van der Waals surface area contributed by atoms with Crippen molar-refractivity contribution >= 4 is 32.7 Å². The normalized spacial score (nSPS) is 11.6. The highest BCUT2D eigenvalue weighted by atomic mass is 79.9. The van der Waals surface area contributed by atoms with Crippen LogP contribution in [0.15, 0.2) is 132 Å². The molecule has 0 aliphatic carbocycles. The molecule has 186 valence electrons. The number of nitrogens with zero attached hydrogens (tertiary/aromatic N) is 2. The molecule has 2 N–H and O–H groups in total. The number of anilines is 1. The van der Waals surface area contributed by atoms with E-state index >= 15 is 0 Å². The molecular weight excluding hydrogens is 537 g/mol. The van der Waals surface area contributed by atoms with Crippen LogP contribution in [0.5, 0.6) is 0 Å². The van der Waals surface area contributed by atoms with Gasteiger partial charge in [0, 0.05) is 15.4 Å². The number of halogens is 2. The van der Waals surface area contributed by atoms with E-state index in [2.05, 4.69) is 64.5 Å². The quantitative estimate of drug-likeness (QED) is 0.210. The summed E-state index contributed by atoms with van der Waals surface area (Å²) in [6.45, 7) is 0. The van der Waals surface area contributed by atoms with Gasteiger partial charge in [0.25, 0.3) is 0 Å². The van der Waals surface area contributed by atoms with Gasteiger partial charge < -0.3 is 5.73 Å². The predicted octanol–water partition coefficient (Wildman–Crippen LogP) is 7.95. The van der Waals surface area contributed by atoms with E-state index in [9.17, 15) is 4.39 Å². The van der Waals surface area contributed by atoms with Gasteiger partial charge in [-0.3, -0.25) is 0 Å². The highest BCUT2D eigenvalue weighted by Crippen LogP contribution is 2.46. The van der Waals surface area contributed by atoms with Crippen molar-refractivity contribution < 1.29 is 4.39 Å². The fourth-order valence-electron chi connectivity index (χ4n) is 5.40. The zero-order valence-corrected chi connectivity index (χ0v) is 22.1. The molecule has 0 atom stereocenters. The molecule has 0 unspecified atom stereocenters. The summed E-state index contributed by atoms with van der Waals surface area (Å²) in [7, 11) is 0. The first kappa shape index (κ1) is 24.1. The first-order valence-corrected chi connectivity index (χ1v) is 13.3. The van der Waals surface area contributed by atoms with Crippen LogP contribution >= 0.6 is 15.9 Å². The molecule has 0 radical (unpaired) electrons. The van der Waals surface area contributed by atoms with E-state index < -0.39 is 5.54 Å². The van der Waals surface area contributed by atoms with Gasteiger partial charge in [-0.1, -0.05) is 119 Å². The number of benzene rings is 5. The molecule has 1 aromatic heterocycles. The molecule has 38 heavy (non-hydrogen) atoms. The van der Waals surface area contributed by atoms with E-state index in [4.69, 9.17) is 10.8 Å². The Morgan fingerprint density at radius 2 is 1.37 bits per heavy atom. The van der Waals surface area contributed by atoms with E-state index in [1.807, 2.05) is 65.3 Å². The lowest BCUT2D eigenvalue weighted by Gasteiger charge is -2.38. The molecule has 0 fully saturated rings. The molecule has 0 aliphatic rings. The van der Waals surface area contributed by atoms with E-state index in [-0.39, 0.29) is 5.82 Å². The van der Waals surface area contributed by atoms with Crippen molar-refractivity contribution in [2.45, 2.75) is 12.0 Å². The van der Waals surface area contributed by atoms with Crippen LogP contribution in [0, 0.1) is 5.82 Å². The summed E-state index contributed by atoms with van der Waals surface area (Å²) in [6.07, 6.45) is 0.577. The molecule has 3 nitrogen and oxygen atoms in total. The van der Waals surface area contributed by atoms with Crippen molar-refractivity contribution in [2.24, 2.45) is 0 Å². The van der Waals surface area contributed by atoms with Gasteiger partial charge in [-0.2, -0.15) is 5.10 Å². The molecule has 0 spiro atoms. The average molecular weight is 562 g/mol. The number of nitrogen functional groups attached to an aromatic ring is 1. The lowest BCUT2D eigenvalue weighted by molar-refractivity contribution is 0.475. The monoisotopic (exact) mass is 561 g/mol. The van der Waals surface area contributed by atoms with Crippen LogP contribution in [0.2, 0.25) is 0 Å². The van der Waals surface area contributed by atoms with Gasteiger partial charge in [0.2, 0.25) is 0 Å². The van der Waals surface area contributed by atoms with Gasteiger partial charge in [-0.25, -0.2) is 9.07 Å². The lowest BCUT2D eigenvalue weighted by Crippen LogP contribution is -2.39. The summed E-state index contributed by atoms with van der Waals surface area (Å²) in [6, 6.07) is 41.8. The van der Waals surface area contributed by atoms with Crippen LogP contribution < -0.4 is 5.73 Å².